The lowest BCUT2D eigenvalue weighted by Crippen LogP contribution is -2.46. The summed E-state index contributed by atoms with van der Waals surface area (Å²) in [7, 11) is 1.93. The summed E-state index contributed by atoms with van der Waals surface area (Å²) < 4.78 is 5.28. The molecule has 17 heavy (non-hydrogen) atoms. The third kappa shape index (κ3) is 2.99. The first-order valence-corrected chi connectivity index (χ1v) is 6.80. The van der Waals surface area contributed by atoms with Gasteiger partial charge in [-0.1, -0.05) is 25.7 Å². The topological polar surface area (TPSA) is 55.6 Å². The molecular formula is C13H24N2O2. The predicted octanol–water partition coefficient (Wildman–Crippen LogP) is 1.14. The number of nitrogens with two attached hydrogens (primary N) is 1. The van der Waals surface area contributed by atoms with Crippen molar-refractivity contribution in [3.8, 4) is 0 Å². The number of amides is 1. The first-order valence-electron chi connectivity index (χ1n) is 6.80. The van der Waals surface area contributed by atoms with Gasteiger partial charge in [0.2, 0.25) is 5.91 Å². The van der Waals surface area contributed by atoms with E-state index < -0.39 is 0 Å². The summed E-state index contributed by atoms with van der Waals surface area (Å²) in [4.78, 5) is 14.3. The molecule has 2 unspecified atom stereocenters. The number of ether oxygens (including phenoxy) is 1. The van der Waals surface area contributed by atoms with Crippen molar-refractivity contribution >= 4 is 5.91 Å². The average molecular weight is 240 g/mol. The largest absolute Gasteiger partial charge is 0.379 e. The van der Waals surface area contributed by atoms with Crippen LogP contribution in [0.2, 0.25) is 0 Å². The molecule has 4 nitrogen and oxygen atoms in total. The SMILES string of the molecule is CN(C(=O)C1COCC1N)C1CCCCCC1. The van der Waals surface area contributed by atoms with Crippen LogP contribution >= 0.6 is 0 Å². The lowest BCUT2D eigenvalue weighted by Gasteiger charge is -2.30. The molecule has 2 fully saturated rings. The normalized spacial score (nSPS) is 31.2. The van der Waals surface area contributed by atoms with Crippen LogP contribution in [0.1, 0.15) is 38.5 Å². The zero-order chi connectivity index (χ0) is 12.3. The van der Waals surface area contributed by atoms with Crippen molar-refractivity contribution in [1.82, 2.24) is 4.90 Å². The molecule has 0 aromatic carbocycles. The summed E-state index contributed by atoms with van der Waals surface area (Å²) in [6.07, 6.45) is 7.40. The Morgan fingerprint density at radius 2 is 1.82 bits per heavy atom. The summed E-state index contributed by atoms with van der Waals surface area (Å²) in [5.74, 6) is 0.0603. The highest BCUT2D eigenvalue weighted by Crippen LogP contribution is 2.23. The summed E-state index contributed by atoms with van der Waals surface area (Å²) in [6.45, 7) is 1.02. The standard InChI is InChI=1S/C13H24N2O2/c1-15(10-6-4-2-3-5-7-10)13(16)11-8-17-9-12(11)14/h10-12H,2-9,14H2,1H3. The zero-order valence-electron chi connectivity index (χ0n) is 10.7. The van der Waals surface area contributed by atoms with E-state index in [2.05, 4.69) is 0 Å². The van der Waals surface area contributed by atoms with Crippen molar-refractivity contribution in [3.63, 3.8) is 0 Å². The van der Waals surface area contributed by atoms with Gasteiger partial charge in [0.15, 0.2) is 0 Å². The smallest absolute Gasteiger partial charge is 0.229 e. The Hall–Kier alpha value is -0.610. The first-order chi connectivity index (χ1) is 8.20. The van der Waals surface area contributed by atoms with Crippen molar-refractivity contribution in [1.29, 1.82) is 0 Å². The molecule has 2 rings (SSSR count). The summed E-state index contributed by atoms with van der Waals surface area (Å²) >= 11 is 0. The fraction of sp³-hybridized carbons (Fsp3) is 0.923. The molecule has 0 aromatic rings. The molecule has 0 spiro atoms. The second kappa shape index (κ2) is 5.83. The Kier molecular flexibility index (Phi) is 4.40. The maximum atomic E-state index is 12.3. The van der Waals surface area contributed by atoms with E-state index in [9.17, 15) is 4.79 Å². The van der Waals surface area contributed by atoms with Crippen molar-refractivity contribution in [3.05, 3.63) is 0 Å². The second-order valence-electron chi connectivity index (χ2n) is 5.40. The Morgan fingerprint density at radius 3 is 2.35 bits per heavy atom. The Morgan fingerprint density at radius 1 is 1.18 bits per heavy atom. The molecule has 2 N–H and O–H groups in total. The minimum Gasteiger partial charge on any atom is -0.379 e. The van der Waals surface area contributed by atoms with Gasteiger partial charge >= 0.3 is 0 Å². The molecule has 0 aromatic heterocycles. The van der Waals surface area contributed by atoms with Gasteiger partial charge in [0.05, 0.1) is 19.1 Å². The fourth-order valence-corrected chi connectivity index (χ4v) is 2.91. The molecular weight excluding hydrogens is 216 g/mol. The van der Waals surface area contributed by atoms with Gasteiger partial charge in [-0.05, 0) is 12.8 Å². The Balaban J connectivity index is 1.93. The fourth-order valence-electron chi connectivity index (χ4n) is 2.91. The molecule has 98 valence electrons. The lowest BCUT2D eigenvalue weighted by molar-refractivity contribution is -0.136. The molecule has 2 aliphatic rings. The van der Waals surface area contributed by atoms with Gasteiger partial charge in [0.25, 0.3) is 0 Å². The van der Waals surface area contributed by atoms with Crippen molar-refractivity contribution < 1.29 is 9.53 Å². The van der Waals surface area contributed by atoms with Crippen LogP contribution in [0.4, 0.5) is 0 Å². The van der Waals surface area contributed by atoms with Gasteiger partial charge in [0, 0.05) is 19.1 Å². The monoisotopic (exact) mass is 240 g/mol. The quantitative estimate of drug-likeness (QED) is 0.736. The van der Waals surface area contributed by atoms with Gasteiger partial charge in [-0.2, -0.15) is 0 Å². The third-order valence-electron chi connectivity index (χ3n) is 4.16. The highest BCUT2D eigenvalue weighted by atomic mass is 16.5. The Bertz CT molecular complexity index is 262. The number of rotatable bonds is 2. The van der Waals surface area contributed by atoms with Gasteiger partial charge in [-0.15, -0.1) is 0 Å². The van der Waals surface area contributed by atoms with E-state index in [4.69, 9.17) is 10.5 Å². The predicted molar refractivity (Wildman–Crippen MR) is 66.5 cm³/mol. The lowest BCUT2D eigenvalue weighted by atomic mass is 10.0. The molecule has 1 heterocycles. The average Bonchev–Trinajstić information content (AvgIpc) is 2.60. The maximum absolute atomic E-state index is 12.3. The van der Waals surface area contributed by atoms with Gasteiger partial charge in [0.1, 0.15) is 0 Å². The molecule has 4 heteroatoms. The summed E-state index contributed by atoms with van der Waals surface area (Å²) in [6, 6.07) is 0.300. The third-order valence-corrected chi connectivity index (χ3v) is 4.16. The molecule has 1 saturated carbocycles. The molecule has 2 atom stereocenters. The van der Waals surface area contributed by atoms with E-state index in [0.29, 0.717) is 19.3 Å². The van der Waals surface area contributed by atoms with Gasteiger partial charge in [-0.25, -0.2) is 0 Å². The maximum Gasteiger partial charge on any atom is 0.229 e. The van der Waals surface area contributed by atoms with Crippen LogP contribution in [0.5, 0.6) is 0 Å². The van der Waals surface area contributed by atoms with Crippen molar-refractivity contribution in [2.45, 2.75) is 50.6 Å². The number of carbonyl (C=O) groups is 1. The number of nitrogens with zero attached hydrogens (tertiary/aromatic N) is 1. The van der Waals surface area contributed by atoms with E-state index in [-0.39, 0.29) is 17.9 Å². The van der Waals surface area contributed by atoms with Crippen LogP contribution in [-0.2, 0) is 9.53 Å². The second-order valence-corrected chi connectivity index (χ2v) is 5.40. The highest BCUT2D eigenvalue weighted by molar-refractivity contribution is 5.80. The van der Waals surface area contributed by atoms with Crippen LogP contribution in [0.15, 0.2) is 0 Å². The summed E-state index contributed by atoms with van der Waals surface area (Å²) in [5.41, 5.74) is 5.91. The summed E-state index contributed by atoms with van der Waals surface area (Å²) in [5, 5.41) is 0. The molecule has 0 bridgehead atoms. The van der Waals surface area contributed by atoms with E-state index >= 15 is 0 Å². The first kappa shape index (κ1) is 12.8. The van der Waals surface area contributed by atoms with Crippen LogP contribution in [0.3, 0.4) is 0 Å². The van der Waals surface area contributed by atoms with E-state index in [1.54, 1.807) is 0 Å². The molecule has 1 aliphatic heterocycles. The molecule has 0 radical (unpaired) electrons. The number of hydrogen-bond acceptors (Lipinski definition) is 3. The van der Waals surface area contributed by atoms with Crippen molar-refractivity contribution in [2.75, 3.05) is 20.3 Å². The molecule has 1 saturated heterocycles. The minimum absolute atomic E-state index is 0.115. The minimum atomic E-state index is -0.122. The van der Waals surface area contributed by atoms with Gasteiger partial charge < -0.3 is 15.4 Å². The van der Waals surface area contributed by atoms with Crippen LogP contribution < -0.4 is 5.73 Å². The number of hydrogen-bond donors (Lipinski definition) is 1. The van der Waals surface area contributed by atoms with E-state index in [1.165, 1.54) is 25.7 Å². The highest BCUT2D eigenvalue weighted by Gasteiger charge is 2.35. The van der Waals surface area contributed by atoms with Crippen LogP contribution in [-0.4, -0.2) is 43.2 Å². The zero-order valence-corrected chi connectivity index (χ0v) is 10.7. The Labute approximate surface area is 103 Å². The molecule has 1 amide bonds. The van der Waals surface area contributed by atoms with E-state index in [1.807, 2.05) is 11.9 Å². The number of carbonyl (C=O) groups excluding carboxylic acids is 1. The van der Waals surface area contributed by atoms with E-state index in [0.717, 1.165) is 12.8 Å². The van der Waals surface area contributed by atoms with Crippen LogP contribution in [0, 0.1) is 5.92 Å². The van der Waals surface area contributed by atoms with Crippen molar-refractivity contribution in [2.24, 2.45) is 11.7 Å². The van der Waals surface area contributed by atoms with Crippen LogP contribution in [0.25, 0.3) is 0 Å². The molecule has 1 aliphatic carbocycles. The van der Waals surface area contributed by atoms with Gasteiger partial charge in [-0.3, -0.25) is 4.79 Å².